The molecule has 1 saturated heterocycles. The average Bonchev–Trinajstić information content (AvgIpc) is 2.39. The Bertz CT molecular complexity index is 273. The molecule has 1 aliphatic carbocycles. The summed E-state index contributed by atoms with van der Waals surface area (Å²) in [5, 5.41) is 0. The van der Waals surface area contributed by atoms with Gasteiger partial charge in [-0.15, -0.1) is 0 Å². The summed E-state index contributed by atoms with van der Waals surface area (Å²) in [7, 11) is 0. The van der Waals surface area contributed by atoms with E-state index < -0.39 is 0 Å². The lowest BCUT2D eigenvalue weighted by molar-refractivity contribution is -0.136. The van der Waals surface area contributed by atoms with Crippen molar-refractivity contribution >= 4 is 5.91 Å². The fraction of sp³-hybridized carbons (Fsp3) is 0.933. The van der Waals surface area contributed by atoms with Crippen LogP contribution in [0.25, 0.3) is 0 Å². The van der Waals surface area contributed by atoms with Crippen molar-refractivity contribution in [1.29, 1.82) is 0 Å². The predicted octanol–water partition coefficient (Wildman–Crippen LogP) is 2.07. The molecular formula is C15H28N2O2. The SMILES string of the molecule is NCCCN(C(=O)CCC1CCCCO1)C1CCC1. The van der Waals surface area contributed by atoms with Crippen LogP contribution >= 0.6 is 0 Å². The number of rotatable bonds is 7. The molecule has 1 heterocycles. The molecule has 0 aromatic carbocycles. The monoisotopic (exact) mass is 268 g/mol. The van der Waals surface area contributed by atoms with E-state index in [0.29, 0.717) is 31.0 Å². The highest BCUT2D eigenvalue weighted by molar-refractivity contribution is 5.76. The fourth-order valence-corrected chi connectivity index (χ4v) is 2.93. The molecule has 2 rings (SSSR count). The second-order valence-electron chi connectivity index (χ2n) is 5.84. The molecule has 4 heteroatoms. The van der Waals surface area contributed by atoms with E-state index in [4.69, 9.17) is 10.5 Å². The molecule has 0 radical (unpaired) electrons. The Morgan fingerprint density at radius 1 is 1.21 bits per heavy atom. The minimum atomic E-state index is 0.312. The summed E-state index contributed by atoms with van der Waals surface area (Å²) in [4.78, 5) is 14.4. The third-order valence-electron chi connectivity index (χ3n) is 4.39. The van der Waals surface area contributed by atoms with Gasteiger partial charge < -0.3 is 15.4 Å². The molecule has 1 aliphatic heterocycles. The van der Waals surface area contributed by atoms with Crippen LogP contribution in [0.15, 0.2) is 0 Å². The van der Waals surface area contributed by atoms with Gasteiger partial charge in [0.25, 0.3) is 0 Å². The van der Waals surface area contributed by atoms with Gasteiger partial charge in [-0.25, -0.2) is 0 Å². The second kappa shape index (κ2) is 7.85. The third-order valence-corrected chi connectivity index (χ3v) is 4.39. The molecule has 1 saturated carbocycles. The van der Waals surface area contributed by atoms with Crippen LogP contribution < -0.4 is 5.73 Å². The summed E-state index contributed by atoms with van der Waals surface area (Å²) in [5.74, 6) is 0.312. The number of hydrogen-bond acceptors (Lipinski definition) is 3. The van der Waals surface area contributed by atoms with Crippen LogP contribution in [0.1, 0.15) is 57.8 Å². The largest absolute Gasteiger partial charge is 0.378 e. The van der Waals surface area contributed by atoms with Crippen molar-refractivity contribution in [3.8, 4) is 0 Å². The molecule has 0 spiro atoms. The van der Waals surface area contributed by atoms with Crippen molar-refractivity contribution < 1.29 is 9.53 Å². The summed E-state index contributed by atoms with van der Waals surface area (Å²) in [6.07, 6.45) is 9.94. The van der Waals surface area contributed by atoms with E-state index in [1.165, 1.54) is 32.1 Å². The van der Waals surface area contributed by atoms with E-state index in [-0.39, 0.29) is 0 Å². The van der Waals surface area contributed by atoms with Crippen molar-refractivity contribution in [3.05, 3.63) is 0 Å². The van der Waals surface area contributed by atoms with Gasteiger partial charge >= 0.3 is 0 Å². The zero-order valence-corrected chi connectivity index (χ0v) is 12.0. The first kappa shape index (κ1) is 14.8. The van der Waals surface area contributed by atoms with Crippen LogP contribution in [0.5, 0.6) is 0 Å². The second-order valence-corrected chi connectivity index (χ2v) is 5.84. The van der Waals surface area contributed by atoms with Gasteiger partial charge in [-0.05, 0) is 57.9 Å². The number of carbonyl (C=O) groups is 1. The maximum absolute atomic E-state index is 12.4. The van der Waals surface area contributed by atoms with Gasteiger partial charge in [0.2, 0.25) is 5.91 Å². The highest BCUT2D eigenvalue weighted by Crippen LogP contribution is 2.26. The molecule has 1 atom stereocenters. The van der Waals surface area contributed by atoms with Gasteiger partial charge in [0, 0.05) is 25.6 Å². The maximum atomic E-state index is 12.4. The van der Waals surface area contributed by atoms with Gasteiger partial charge in [-0.1, -0.05) is 0 Å². The Kier molecular flexibility index (Phi) is 6.11. The smallest absolute Gasteiger partial charge is 0.222 e. The van der Waals surface area contributed by atoms with E-state index in [1.807, 2.05) is 0 Å². The minimum absolute atomic E-state index is 0.312. The minimum Gasteiger partial charge on any atom is -0.378 e. The zero-order valence-electron chi connectivity index (χ0n) is 12.0. The van der Waals surface area contributed by atoms with Gasteiger partial charge in [0.05, 0.1) is 6.10 Å². The van der Waals surface area contributed by atoms with Gasteiger partial charge in [-0.3, -0.25) is 4.79 Å². The van der Waals surface area contributed by atoms with Crippen molar-refractivity contribution in [2.75, 3.05) is 19.7 Å². The fourth-order valence-electron chi connectivity index (χ4n) is 2.93. The van der Waals surface area contributed by atoms with Crippen LogP contribution in [0.4, 0.5) is 0 Å². The molecule has 19 heavy (non-hydrogen) atoms. The highest BCUT2D eigenvalue weighted by Gasteiger charge is 2.28. The number of ether oxygens (including phenoxy) is 1. The molecule has 2 aliphatic rings. The molecular weight excluding hydrogens is 240 g/mol. The average molecular weight is 268 g/mol. The highest BCUT2D eigenvalue weighted by atomic mass is 16.5. The molecule has 0 aromatic rings. The summed E-state index contributed by atoms with van der Waals surface area (Å²) in [6.45, 7) is 2.38. The van der Waals surface area contributed by atoms with E-state index in [0.717, 1.165) is 32.4 Å². The number of nitrogens with two attached hydrogens (primary N) is 1. The first-order valence-electron chi connectivity index (χ1n) is 7.92. The van der Waals surface area contributed by atoms with Crippen LogP contribution in [0, 0.1) is 0 Å². The van der Waals surface area contributed by atoms with Crippen LogP contribution in [0.3, 0.4) is 0 Å². The Hall–Kier alpha value is -0.610. The first-order chi connectivity index (χ1) is 9.31. The van der Waals surface area contributed by atoms with Crippen LogP contribution in [0.2, 0.25) is 0 Å². The Balaban J connectivity index is 1.73. The van der Waals surface area contributed by atoms with E-state index >= 15 is 0 Å². The maximum Gasteiger partial charge on any atom is 0.222 e. The number of amides is 1. The third kappa shape index (κ3) is 4.46. The van der Waals surface area contributed by atoms with E-state index in [2.05, 4.69) is 4.90 Å². The number of hydrogen-bond donors (Lipinski definition) is 1. The first-order valence-corrected chi connectivity index (χ1v) is 7.92. The summed E-state index contributed by atoms with van der Waals surface area (Å²) >= 11 is 0. The summed E-state index contributed by atoms with van der Waals surface area (Å²) < 4.78 is 5.70. The normalized spacial score (nSPS) is 23.9. The molecule has 0 aromatic heterocycles. The Labute approximate surface area is 116 Å². The quantitative estimate of drug-likeness (QED) is 0.769. The van der Waals surface area contributed by atoms with Gasteiger partial charge in [-0.2, -0.15) is 0 Å². The molecule has 110 valence electrons. The lowest BCUT2D eigenvalue weighted by Gasteiger charge is -2.38. The van der Waals surface area contributed by atoms with Gasteiger partial charge in [0.15, 0.2) is 0 Å². The molecule has 0 bridgehead atoms. The lowest BCUT2D eigenvalue weighted by atomic mass is 9.91. The topological polar surface area (TPSA) is 55.6 Å². The molecule has 4 nitrogen and oxygen atoms in total. The Morgan fingerprint density at radius 3 is 2.63 bits per heavy atom. The number of nitrogens with zero attached hydrogens (tertiary/aromatic N) is 1. The predicted molar refractivity (Wildman–Crippen MR) is 75.8 cm³/mol. The van der Waals surface area contributed by atoms with Crippen molar-refractivity contribution in [3.63, 3.8) is 0 Å². The zero-order chi connectivity index (χ0) is 13.5. The molecule has 2 fully saturated rings. The van der Waals surface area contributed by atoms with Crippen molar-refractivity contribution in [2.45, 2.75) is 69.9 Å². The molecule has 1 unspecified atom stereocenters. The molecule has 1 amide bonds. The van der Waals surface area contributed by atoms with Crippen molar-refractivity contribution in [1.82, 2.24) is 4.90 Å². The number of carbonyl (C=O) groups excluding carboxylic acids is 1. The summed E-state index contributed by atoms with van der Waals surface area (Å²) in [5.41, 5.74) is 5.57. The van der Waals surface area contributed by atoms with Crippen molar-refractivity contribution in [2.24, 2.45) is 5.73 Å². The van der Waals surface area contributed by atoms with Crippen LogP contribution in [-0.2, 0) is 9.53 Å². The molecule has 2 N–H and O–H groups in total. The van der Waals surface area contributed by atoms with E-state index in [9.17, 15) is 4.79 Å². The standard InChI is InChI=1S/C15H28N2O2/c16-10-4-11-17(13-5-3-6-13)15(18)9-8-14-7-1-2-12-19-14/h13-14H,1-12,16H2. The van der Waals surface area contributed by atoms with Gasteiger partial charge in [0.1, 0.15) is 0 Å². The Morgan fingerprint density at radius 2 is 2.05 bits per heavy atom. The van der Waals surface area contributed by atoms with Crippen LogP contribution in [-0.4, -0.2) is 42.6 Å². The lowest BCUT2D eigenvalue weighted by Crippen LogP contribution is -2.45. The van der Waals surface area contributed by atoms with E-state index in [1.54, 1.807) is 0 Å². The summed E-state index contributed by atoms with van der Waals surface area (Å²) in [6, 6.07) is 0.492.